The zero-order chi connectivity index (χ0) is 8.97. The van der Waals surface area contributed by atoms with E-state index in [-0.39, 0.29) is 5.91 Å². The van der Waals surface area contributed by atoms with Gasteiger partial charge < -0.3 is 4.90 Å². The van der Waals surface area contributed by atoms with E-state index in [9.17, 15) is 4.79 Å². The molecule has 1 amide bonds. The van der Waals surface area contributed by atoms with E-state index in [1.807, 2.05) is 11.8 Å². The Morgan fingerprint density at radius 3 is 3.08 bits per heavy atom. The number of carbonyl (C=O) groups is 1. The van der Waals surface area contributed by atoms with Crippen LogP contribution in [0.25, 0.3) is 0 Å². The molecular formula is C9H12BrNO. The number of halogens is 1. The minimum atomic E-state index is 0.0996. The van der Waals surface area contributed by atoms with Gasteiger partial charge in [-0.2, -0.15) is 0 Å². The lowest BCUT2D eigenvalue weighted by molar-refractivity contribution is -0.125. The molecule has 0 unspecified atom stereocenters. The predicted molar refractivity (Wildman–Crippen MR) is 53.0 cm³/mol. The maximum atomic E-state index is 11.3. The van der Waals surface area contributed by atoms with Crippen molar-refractivity contribution in [3.8, 4) is 0 Å². The average Bonchev–Trinajstić information content (AvgIpc) is 2.05. The minimum Gasteiger partial charge on any atom is -0.334 e. The Bertz CT molecular complexity index is 233. The van der Waals surface area contributed by atoms with Crippen molar-refractivity contribution in [1.29, 1.82) is 0 Å². The van der Waals surface area contributed by atoms with Crippen LogP contribution in [0, 0.1) is 0 Å². The highest BCUT2D eigenvalue weighted by Gasteiger charge is 2.13. The summed E-state index contributed by atoms with van der Waals surface area (Å²) in [7, 11) is 0. The number of nitrogens with zero attached hydrogens (tertiary/aromatic N) is 1. The summed E-state index contributed by atoms with van der Waals surface area (Å²) >= 11 is 3.39. The first-order chi connectivity index (χ1) is 5.74. The van der Waals surface area contributed by atoms with Crippen LogP contribution in [0.5, 0.6) is 0 Å². The Morgan fingerprint density at radius 2 is 2.50 bits per heavy atom. The average molecular weight is 230 g/mol. The Kier molecular flexibility index (Phi) is 3.53. The van der Waals surface area contributed by atoms with Gasteiger partial charge in [-0.3, -0.25) is 4.79 Å². The molecule has 0 saturated heterocycles. The molecule has 3 heteroatoms. The fourth-order valence-electron chi connectivity index (χ4n) is 1.14. The zero-order valence-electron chi connectivity index (χ0n) is 7.09. The summed E-state index contributed by atoms with van der Waals surface area (Å²) in [6, 6.07) is 0. The topological polar surface area (TPSA) is 20.3 Å². The molecule has 0 saturated carbocycles. The van der Waals surface area contributed by atoms with Gasteiger partial charge in [-0.1, -0.05) is 28.1 Å². The first kappa shape index (κ1) is 9.52. The highest BCUT2D eigenvalue weighted by atomic mass is 79.9. The third-order valence-electron chi connectivity index (χ3n) is 1.73. The van der Waals surface area contributed by atoms with Gasteiger partial charge in [-0.25, -0.2) is 0 Å². The molecule has 2 nitrogen and oxygen atoms in total. The first-order valence-corrected chi connectivity index (χ1v) is 4.79. The SMILES string of the molecule is C/C=C/C(=O)N1CCC=C(Br)C1. The second kappa shape index (κ2) is 4.45. The molecule has 0 aromatic rings. The number of hydrogen-bond acceptors (Lipinski definition) is 1. The van der Waals surface area contributed by atoms with Crippen molar-refractivity contribution in [3.05, 3.63) is 22.7 Å². The molecule has 0 bridgehead atoms. The first-order valence-electron chi connectivity index (χ1n) is 4.00. The smallest absolute Gasteiger partial charge is 0.246 e. The van der Waals surface area contributed by atoms with Gasteiger partial charge in [0.05, 0.1) is 6.54 Å². The summed E-state index contributed by atoms with van der Waals surface area (Å²) in [5, 5.41) is 0. The summed E-state index contributed by atoms with van der Waals surface area (Å²) in [5.74, 6) is 0.0996. The van der Waals surface area contributed by atoms with Crippen LogP contribution in [-0.4, -0.2) is 23.9 Å². The van der Waals surface area contributed by atoms with Crippen LogP contribution in [0.4, 0.5) is 0 Å². The number of carbonyl (C=O) groups excluding carboxylic acids is 1. The molecule has 0 spiro atoms. The molecule has 0 aromatic carbocycles. The van der Waals surface area contributed by atoms with E-state index in [4.69, 9.17) is 0 Å². The van der Waals surface area contributed by atoms with Crippen LogP contribution in [0.3, 0.4) is 0 Å². The molecule has 1 aliphatic rings. The third-order valence-corrected chi connectivity index (χ3v) is 2.30. The Balaban J connectivity index is 2.54. The normalized spacial score (nSPS) is 18.2. The lowest BCUT2D eigenvalue weighted by atomic mass is 10.2. The van der Waals surface area contributed by atoms with Gasteiger partial charge in [0.1, 0.15) is 0 Å². The van der Waals surface area contributed by atoms with Crippen molar-refractivity contribution >= 4 is 21.8 Å². The largest absolute Gasteiger partial charge is 0.334 e. The number of allylic oxidation sites excluding steroid dienone is 1. The maximum absolute atomic E-state index is 11.3. The van der Waals surface area contributed by atoms with Crippen LogP contribution < -0.4 is 0 Å². The predicted octanol–water partition coefficient (Wildman–Crippen LogP) is 2.07. The second-order valence-corrected chi connectivity index (χ2v) is 3.72. The van der Waals surface area contributed by atoms with E-state index < -0.39 is 0 Å². The van der Waals surface area contributed by atoms with Crippen LogP contribution in [0.1, 0.15) is 13.3 Å². The van der Waals surface area contributed by atoms with Gasteiger partial charge in [0.25, 0.3) is 0 Å². The van der Waals surface area contributed by atoms with Crippen molar-refractivity contribution in [3.63, 3.8) is 0 Å². The van der Waals surface area contributed by atoms with Gasteiger partial charge >= 0.3 is 0 Å². The summed E-state index contributed by atoms with van der Waals surface area (Å²) in [6.45, 7) is 3.40. The van der Waals surface area contributed by atoms with E-state index in [1.165, 1.54) is 0 Å². The molecule has 1 heterocycles. The molecule has 12 heavy (non-hydrogen) atoms. The molecule has 0 atom stereocenters. The summed E-state index contributed by atoms with van der Waals surface area (Å²) < 4.78 is 1.10. The lowest BCUT2D eigenvalue weighted by Gasteiger charge is -2.23. The lowest BCUT2D eigenvalue weighted by Crippen LogP contribution is -2.33. The van der Waals surface area contributed by atoms with Crippen molar-refractivity contribution in [1.82, 2.24) is 4.90 Å². The summed E-state index contributed by atoms with van der Waals surface area (Å²) in [5.41, 5.74) is 0. The second-order valence-electron chi connectivity index (χ2n) is 2.70. The monoisotopic (exact) mass is 229 g/mol. The van der Waals surface area contributed by atoms with Gasteiger partial charge in [0.15, 0.2) is 0 Å². The third kappa shape index (κ3) is 2.48. The Labute approximate surface area is 81.1 Å². The molecule has 0 aliphatic carbocycles. The number of rotatable bonds is 1. The highest BCUT2D eigenvalue weighted by molar-refractivity contribution is 9.11. The van der Waals surface area contributed by atoms with E-state index in [0.717, 1.165) is 17.4 Å². The molecule has 1 aliphatic heterocycles. The molecule has 0 aromatic heterocycles. The van der Waals surface area contributed by atoms with Crippen LogP contribution in [-0.2, 0) is 4.79 Å². The van der Waals surface area contributed by atoms with Gasteiger partial charge in [0.2, 0.25) is 5.91 Å². The van der Waals surface area contributed by atoms with E-state index in [1.54, 1.807) is 12.2 Å². The number of hydrogen-bond donors (Lipinski definition) is 0. The molecule has 0 fully saturated rings. The van der Waals surface area contributed by atoms with E-state index in [2.05, 4.69) is 22.0 Å². The van der Waals surface area contributed by atoms with Crippen molar-refractivity contribution in [2.24, 2.45) is 0 Å². The van der Waals surface area contributed by atoms with Gasteiger partial charge in [-0.15, -0.1) is 0 Å². The maximum Gasteiger partial charge on any atom is 0.246 e. The quantitative estimate of drug-likeness (QED) is 0.631. The summed E-state index contributed by atoms with van der Waals surface area (Å²) in [4.78, 5) is 13.2. The number of amides is 1. The fourth-order valence-corrected chi connectivity index (χ4v) is 1.67. The Morgan fingerprint density at radius 1 is 1.75 bits per heavy atom. The molecule has 1 rings (SSSR count). The summed E-state index contributed by atoms with van der Waals surface area (Å²) in [6.07, 6.45) is 6.43. The van der Waals surface area contributed by atoms with E-state index >= 15 is 0 Å². The van der Waals surface area contributed by atoms with Gasteiger partial charge in [-0.05, 0) is 19.4 Å². The minimum absolute atomic E-state index is 0.0996. The highest BCUT2D eigenvalue weighted by Crippen LogP contribution is 2.14. The Hall–Kier alpha value is -0.570. The van der Waals surface area contributed by atoms with Crippen LogP contribution in [0.2, 0.25) is 0 Å². The molecular weight excluding hydrogens is 218 g/mol. The van der Waals surface area contributed by atoms with Crippen molar-refractivity contribution in [2.45, 2.75) is 13.3 Å². The van der Waals surface area contributed by atoms with Crippen LogP contribution in [0.15, 0.2) is 22.7 Å². The van der Waals surface area contributed by atoms with Crippen molar-refractivity contribution in [2.75, 3.05) is 13.1 Å². The fraction of sp³-hybridized carbons (Fsp3) is 0.444. The molecule has 0 radical (unpaired) electrons. The zero-order valence-corrected chi connectivity index (χ0v) is 8.67. The molecule has 0 N–H and O–H groups in total. The molecule has 66 valence electrons. The van der Waals surface area contributed by atoms with Crippen molar-refractivity contribution < 1.29 is 4.79 Å². The van der Waals surface area contributed by atoms with Crippen LogP contribution >= 0.6 is 15.9 Å². The van der Waals surface area contributed by atoms with E-state index in [0.29, 0.717) is 6.54 Å². The standard InChI is InChI=1S/C9H12BrNO/c1-2-4-9(12)11-6-3-5-8(10)7-11/h2,4-5H,3,6-7H2,1H3/b4-2+. The van der Waals surface area contributed by atoms with Gasteiger partial charge in [0, 0.05) is 11.0 Å².